The molecule has 0 saturated heterocycles. The van der Waals surface area contributed by atoms with E-state index in [4.69, 9.17) is 41.0 Å². The molecule has 0 bridgehead atoms. The molecule has 0 radical (unpaired) electrons. The van der Waals surface area contributed by atoms with Gasteiger partial charge in [-0.3, -0.25) is 38.6 Å². The Labute approximate surface area is 638 Å². The zero-order chi connectivity index (χ0) is 79.8. The molecule has 9 aromatic heterocycles. The number of hydrogen-bond acceptors (Lipinski definition) is 23. The molecule has 8 N–H and O–H groups in total. The van der Waals surface area contributed by atoms with Crippen LogP contribution in [0, 0.1) is 0 Å². The average Bonchev–Trinajstić information content (AvgIpc) is 1.62. The third-order valence-corrected chi connectivity index (χ3v) is 19.4. The molecular weight excluding hydrogens is 1470 g/mol. The number of hydrogen-bond donors (Lipinski definition) is 7. The van der Waals surface area contributed by atoms with Crippen molar-refractivity contribution in [1.82, 2.24) is 73.4 Å². The first-order valence-electron chi connectivity index (χ1n) is 36.0. The van der Waals surface area contributed by atoms with E-state index in [1.807, 2.05) is 0 Å². The van der Waals surface area contributed by atoms with Gasteiger partial charge in [0.2, 0.25) is 0 Å². The molecule has 6 aliphatic carbocycles. The van der Waals surface area contributed by atoms with Crippen molar-refractivity contribution >= 4 is 105 Å². The molecule has 592 valence electrons. The van der Waals surface area contributed by atoms with Crippen LogP contribution in [-0.2, 0) is 23.7 Å². The third kappa shape index (κ3) is 18.2. The molecule has 5 amide bonds. The number of alkyl halides is 3. The van der Waals surface area contributed by atoms with Crippen molar-refractivity contribution in [2.45, 2.75) is 184 Å². The van der Waals surface area contributed by atoms with Crippen LogP contribution in [0.4, 0.5) is 68.9 Å². The molecule has 9 heterocycles. The normalized spacial score (nSPS) is 22.5. The second kappa shape index (κ2) is 32.4. The molecule has 3 unspecified atom stereocenters. The number of ether oxygens (including phenoxy) is 5. The Morgan fingerprint density at radius 1 is 0.514 bits per heavy atom. The van der Waals surface area contributed by atoms with Crippen molar-refractivity contribution in [1.29, 1.82) is 0 Å². The van der Waals surface area contributed by atoms with Crippen LogP contribution in [0.1, 0.15) is 149 Å². The number of aromatic nitrogens is 12. The highest BCUT2D eigenvalue weighted by Crippen LogP contribution is 2.37. The quantitative estimate of drug-likeness (QED) is 0.0373. The molecule has 6 aliphatic rings. The molecule has 0 aromatic carbocycles. The van der Waals surface area contributed by atoms with Gasteiger partial charge in [0.1, 0.15) is 92.0 Å². The van der Waals surface area contributed by atoms with Crippen molar-refractivity contribution in [2.24, 2.45) is 0 Å². The Kier molecular flexibility index (Phi) is 23.2. The number of fused-ring (bicyclic) bond motifs is 3. The highest BCUT2D eigenvalue weighted by Gasteiger charge is 2.42. The lowest BCUT2D eigenvalue weighted by Gasteiger charge is -2.31. The summed E-state index contributed by atoms with van der Waals surface area (Å²) < 4.78 is 74.7. The summed E-state index contributed by atoms with van der Waals surface area (Å²) in [4.78, 5) is 117. The first-order chi connectivity index (χ1) is 52.7. The van der Waals surface area contributed by atoms with Crippen LogP contribution in [0.2, 0.25) is 5.15 Å². The first-order valence-corrected chi connectivity index (χ1v) is 36.4. The summed E-state index contributed by atoms with van der Waals surface area (Å²) in [5, 5.41) is 30.7. The summed E-state index contributed by atoms with van der Waals surface area (Å²) in [5.74, 6) is 0.761. The van der Waals surface area contributed by atoms with E-state index in [-0.39, 0.29) is 146 Å². The van der Waals surface area contributed by atoms with E-state index in [0.717, 1.165) is 12.8 Å². The highest BCUT2D eigenvalue weighted by atomic mass is 35.5. The van der Waals surface area contributed by atoms with Gasteiger partial charge in [-0.1, -0.05) is 11.6 Å². The van der Waals surface area contributed by atoms with Crippen molar-refractivity contribution in [2.75, 3.05) is 74.0 Å². The summed E-state index contributed by atoms with van der Waals surface area (Å²) in [6.45, 7) is 10.6. The molecule has 0 aliphatic heterocycles. The fourth-order valence-electron chi connectivity index (χ4n) is 12.6. The highest BCUT2D eigenvalue weighted by molar-refractivity contribution is 6.30. The molecule has 9 aromatic rings. The number of rotatable bonds is 19. The van der Waals surface area contributed by atoms with Crippen molar-refractivity contribution in [3.63, 3.8) is 0 Å². The Hall–Kier alpha value is -11.2. The van der Waals surface area contributed by atoms with Gasteiger partial charge in [0.25, 0.3) is 34.4 Å². The maximum absolute atomic E-state index is 13.4. The van der Waals surface area contributed by atoms with Crippen LogP contribution in [0.5, 0.6) is 0 Å². The van der Waals surface area contributed by atoms with Crippen LogP contribution in [0.15, 0.2) is 106 Å². The van der Waals surface area contributed by atoms with Crippen LogP contribution in [0.3, 0.4) is 0 Å². The van der Waals surface area contributed by atoms with E-state index in [1.54, 1.807) is 136 Å². The van der Waals surface area contributed by atoms with Crippen LogP contribution >= 0.6 is 11.6 Å². The summed E-state index contributed by atoms with van der Waals surface area (Å²) in [7, 11) is 9.58. The Balaban J connectivity index is 0.000000145. The topological polar surface area (TPSA) is 393 Å². The van der Waals surface area contributed by atoms with E-state index in [0.29, 0.717) is 66.5 Å². The van der Waals surface area contributed by atoms with Gasteiger partial charge < -0.3 is 75.0 Å². The minimum Gasteiger partial charge on any atom is -0.443 e. The fraction of sp³-hybridized carbons (Fsp3) is 0.479. The lowest BCUT2D eigenvalue weighted by atomic mass is 9.90. The van der Waals surface area contributed by atoms with E-state index in [1.165, 1.54) is 77.3 Å². The van der Waals surface area contributed by atoms with Gasteiger partial charge in [-0.05, 0) is 136 Å². The summed E-state index contributed by atoms with van der Waals surface area (Å²) in [6.07, 6.45) is 9.86. The molecule has 15 rings (SSSR count). The van der Waals surface area contributed by atoms with Crippen molar-refractivity contribution in [3.05, 3.63) is 145 Å². The van der Waals surface area contributed by atoms with Gasteiger partial charge in [-0.2, -0.15) is 28.8 Å². The number of carbonyl (C=O) groups is 5. The summed E-state index contributed by atoms with van der Waals surface area (Å²) >= 11 is 6.12. The maximum Gasteiger partial charge on any atom is 0.415 e. The molecule has 6 saturated carbocycles. The standard InChI is InChI=1S/C26H32FN7O5.C21H24FN7O3.C17H22ClN5O4.C9H11FN2O/c1-26(2,3)39-25(37)32(4)21-12-20(29-17-7-6-8-33(24(17)36)15-9-14(27)10-15)31-22-16(13-28-34(21)22)23(35)30-18-11-19(18)38-5;1-23-18-9-17(25-14-4-3-5-28(21(14)31)12-6-11(22)7-12)27-19-13(10-24-29(18)19)20(30)26-15-8-16(15)32-2;1-17(2,3)27-16(25)22(4)13-7-12(18)21-14-9(8-19-23(13)14)15(24)20-10-6-11(10)26-5;10-6-4-7(5-6)12-3-1-2-8(11)9(12)13/h6-8,12-15,18-19H,9-11H2,1-5H3,(H,29,31)(H,30,35);3-5,9-12,15-16,23H,6-8H2,1-2H3,(H,25,27)(H,26,30);7-8,10-11H,6H2,1-5H3,(H,20,24);1-3,6-7H,4-5,11H2/t14?,15?,18?,19-;11?,12?,15?,16-;10?,11-;/m110./s1. The minimum atomic E-state index is -0.908. The second-order valence-corrected chi connectivity index (χ2v) is 30.2. The van der Waals surface area contributed by atoms with Crippen LogP contribution < -0.4 is 64.1 Å². The van der Waals surface area contributed by atoms with Gasteiger partial charge in [0.15, 0.2) is 16.9 Å². The monoisotopic (exact) mass is 1560 g/mol. The number of nitrogens with zero attached hydrogens (tertiary/aromatic N) is 14. The fourth-order valence-corrected chi connectivity index (χ4v) is 12.7. The minimum absolute atomic E-state index is 0.00556. The molecular formula is C73H89ClF3N21O13. The van der Waals surface area contributed by atoms with Gasteiger partial charge in [0, 0.05) is 97.4 Å². The molecule has 111 heavy (non-hydrogen) atoms. The Morgan fingerprint density at radius 2 is 0.865 bits per heavy atom. The van der Waals surface area contributed by atoms with E-state index in [2.05, 4.69) is 62.1 Å². The number of anilines is 8. The molecule has 6 fully saturated rings. The first kappa shape index (κ1) is 79.4. The van der Waals surface area contributed by atoms with Gasteiger partial charge in [0.05, 0.1) is 60.7 Å². The number of amides is 5. The molecule has 0 spiro atoms. The molecule has 34 nitrogen and oxygen atoms in total. The predicted octanol–water partition coefficient (Wildman–Crippen LogP) is 8.44. The van der Waals surface area contributed by atoms with E-state index in [9.17, 15) is 51.5 Å². The Bertz CT molecular complexity index is 5170. The van der Waals surface area contributed by atoms with E-state index >= 15 is 0 Å². The van der Waals surface area contributed by atoms with Gasteiger partial charge >= 0.3 is 12.2 Å². The predicted molar refractivity (Wildman–Crippen MR) is 405 cm³/mol. The van der Waals surface area contributed by atoms with Gasteiger partial charge in [-0.15, -0.1) is 0 Å². The average molecular weight is 1560 g/mol. The van der Waals surface area contributed by atoms with Crippen molar-refractivity contribution < 1.29 is 60.8 Å². The number of nitrogens with two attached hydrogens (primary N) is 1. The zero-order valence-corrected chi connectivity index (χ0v) is 63.9. The Morgan fingerprint density at radius 3 is 1.23 bits per heavy atom. The number of carbonyl (C=O) groups excluding carboxylic acids is 5. The van der Waals surface area contributed by atoms with Gasteiger partial charge in [-0.25, -0.2) is 37.7 Å². The van der Waals surface area contributed by atoms with Crippen molar-refractivity contribution in [3.8, 4) is 0 Å². The maximum atomic E-state index is 13.4. The number of nitrogen functional groups attached to an aromatic ring is 1. The van der Waals surface area contributed by atoms with Crippen LogP contribution in [0.25, 0.3) is 16.9 Å². The van der Waals surface area contributed by atoms with E-state index < -0.39 is 47.8 Å². The number of methoxy groups -OCH3 is 3. The lowest BCUT2D eigenvalue weighted by Crippen LogP contribution is -2.35. The molecule has 38 heteroatoms. The largest absolute Gasteiger partial charge is 0.443 e. The number of nitrogens with one attached hydrogen (secondary N) is 6. The number of pyridine rings is 3. The molecule has 6 atom stereocenters. The second-order valence-electron chi connectivity index (χ2n) is 29.8. The summed E-state index contributed by atoms with van der Waals surface area (Å²) in [5.41, 5.74) is 5.57. The summed E-state index contributed by atoms with van der Waals surface area (Å²) in [6, 6.07) is 14.2. The third-order valence-electron chi connectivity index (χ3n) is 19.2. The zero-order valence-electron chi connectivity index (χ0n) is 63.1. The smallest absolute Gasteiger partial charge is 0.415 e. The lowest BCUT2D eigenvalue weighted by molar-refractivity contribution is 0.0577. The SMILES string of the molecule is CNc1cc(Nc2cccn(C3CC(F)C3)c2=O)nc2c(C(=O)NC3C[C@H]3OC)cnn12.CO[C@@H]1CC1NC(=O)c1cnn2c(N(C)C(=O)OC(C)(C)C)cc(Nc3cccn(C4CC(F)C4)c3=O)nc12.CO[C@H]1CC1NC(=O)c1cnn2c(N(C)C(=O)OC(C)(C)C)cc(Cl)nc12.Nc1cccn(C2CC(F)C2)c1=O. The van der Waals surface area contributed by atoms with Crippen LogP contribution in [-0.4, -0.2) is 196 Å². The number of halogens is 4.